The molecule has 0 fully saturated rings. The van der Waals surface area contributed by atoms with Crippen molar-refractivity contribution < 1.29 is 9.90 Å². The summed E-state index contributed by atoms with van der Waals surface area (Å²) in [6.45, 7) is 0. The maximum Gasteiger partial charge on any atom is 0.229 e. The van der Waals surface area contributed by atoms with Crippen LogP contribution in [0.25, 0.3) is 11.0 Å². The molecule has 1 aromatic heterocycles. The Balaban J connectivity index is 1.85. The Kier molecular flexibility index (Phi) is 3.72. The van der Waals surface area contributed by atoms with Crippen molar-refractivity contribution in [1.29, 1.82) is 0 Å². The first-order chi connectivity index (χ1) is 10.1. The van der Waals surface area contributed by atoms with Gasteiger partial charge in [-0.25, -0.2) is 0 Å². The average Bonchev–Trinajstić information content (AvgIpc) is 2.93. The molecular formula is C14H10ClN3O2S. The highest BCUT2D eigenvalue weighted by atomic mass is 35.5. The Morgan fingerprint density at radius 3 is 2.86 bits per heavy atom. The number of nitrogens with zero attached hydrogens (tertiary/aromatic N) is 2. The van der Waals surface area contributed by atoms with Crippen LogP contribution in [0.4, 0.5) is 5.69 Å². The van der Waals surface area contributed by atoms with E-state index in [1.807, 2.05) is 0 Å². The molecule has 2 N–H and O–H groups in total. The molecule has 0 unspecified atom stereocenters. The summed E-state index contributed by atoms with van der Waals surface area (Å²) >= 11 is 7.17. The minimum atomic E-state index is -0.279. The quantitative estimate of drug-likeness (QED) is 0.777. The van der Waals surface area contributed by atoms with Gasteiger partial charge in [-0.2, -0.15) is 8.75 Å². The predicted molar refractivity (Wildman–Crippen MR) is 82.9 cm³/mol. The number of carbonyl (C=O) groups is 1. The summed E-state index contributed by atoms with van der Waals surface area (Å²) in [6, 6.07) is 10.1. The van der Waals surface area contributed by atoms with Crippen LogP contribution in [0.3, 0.4) is 0 Å². The van der Waals surface area contributed by atoms with Crippen LogP contribution in [-0.4, -0.2) is 19.8 Å². The zero-order valence-corrected chi connectivity index (χ0v) is 12.3. The molecule has 0 radical (unpaired) electrons. The van der Waals surface area contributed by atoms with Gasteiger partial charge in [0.05, 0.1) is 28.9 Å². The number of aromatic nitrogens is 2. The van der Waals surface area contributed by atoms with Gasteiger partial charge in [-0.3, -0.25) is 4.79 Å². The van der Waals surface area contributed by atoms with E-state index in [9.17, 15) is 9.90 Å². The van der Waals surface area contributed by atoms with Gasteiger partial charge in [-0.1, -0.05) is 29.8 Å². The number of rotatable bonds is 3. The number of carbonyl (C=O) groups excluding carboxylic acids is 1. The molecule has 3 aromatic rings. The van der Waals surface area contributed by atoms with E-state index in [0.717, 1.165) is 11.7 Å². The van der Waals surface area contributed by atoms with Gasteiger partial charge in [-0.15, -0.1) is 0 Å². The van der Waals surface area contributed by atoms with E-state index in [4.69, 9.17) is 11.6 Å². The van der Waals surface area contributed by atoms with Gasteiger partial charge in [0.2, 0.25) is 5.91 Å². The van der Waals surface area contributed by atoms with Crippen LogP contribution in [0.2, 0.25) is 5.02 Å². The Morgan fingerprint density at radius 2 is 2.05 bits per heavy atom. The van der Waals surface area contributed by atoms with E-state index in [1.165, 1.54) is 0 Å². The third-order valence-corrected chi connectivity index (χ3v) is 3.84. The summed E-state index contributed by atoms with van der Waals surface area (Å²) in [5, 5.41) is 12.8. The molecule has 0 atom stereocenters. The topological polar surface area (TPSA) is 75.1 Å². The lowest BCUT2D eigenvalue weighted by molar-refractivity contribution is -0.115. The number of nitrogens with one attached hydrogen (secondary N) is 1. The number of fused-ring (bicyclic) bond motifs is 1. The molecule has 3 rings (SSSR count). The Bertz CT molecular complexity index is 819. The van der Waals surface area contributed by atoms with Crippen molar-refractivity contribution in [2.75, 3.05) is 5.32 Å². The molecule has 0 saturated heterocycles. The zero-order chi connectivity index (χ0) is 14.8. The molecule has 0 saturated carbocycles. The SMILES string of the molecule is O=C(Cc1ccccc1O)Nc1c(Cl)ccc2nsnc12. The average molecular weight is 320 g/mol. The summed E-state index contributed by atoms with van der Waals surface area (Å²) in [6.07, 6.45) is 0.0525. The van der Waals surface area contributed by atoms with E-state index < -0.39 is 0 Å². The molecule has 5 nitrogen and oxygen atoms in total. The van der Waals surface area contributed by atoms with Crippen LogP contribution in [0.5, 0.6) is 5.75 Å². The number of phenolic OH excluding ortho intramolecular Hbond substituents is 1. The summed E-state index contributed by atoms with van der Waals surface area (Å²) in [7, 11) is 0. The Hall–Kier alpha value is -2.18. The number of phenols is 1. The fourth-order valence-electron chi connectivity index (χ4n) is 1.96. The minimum absolute atomic E-state index is 0.0525. The number of aromatic hydroxyl groups is 1. The monoisotopic (exact) mass is 319 g/mol. The number of amides is 1. The van der Waals surface area contributed by atoms with Gasteiger partial charge in [-0.05, 0) is 18.2 Å². The predicted octanol–water partition coefficient (Wildman–Crippen LogP) is 3.23. The van der Waals surface area contributed by atoms with Crippen molar-refractivity contribution in [2.24, 2.45) is 0 Å². The summed E-state index contributed by atoms with van der Waals surface area (Å²) in [5.74, 6) is -0.189. The highest BCUT2D eigenvalue weighted by Gasteiger charge is 2.14. The second-order valence-electron chi connectivity index (χ2n) is 4.41. The Labute approximate surface area is 129 Å². The first-order valence-electron chi connectivity index (χ1n) is 6.12. The van der Waals surface area contributed by atoms with E-state index in [-0.39, 0.29) is 18.1 Å². The van der Waals surface area contributed by atoms with Gasteiger partial charge in [0.15, 0.2) is 0 Å². The molecule has 1 heterocycles. The fraction of sp³-hybridized carbons (Fsp3) is 0.0714. The first-order valence-corrected chi connectivity index (χ1v) is 7.23. The standard InChI is InChI=1S/C14H10ClN3O2S/c15-9-5-6-10-14(18-21-17-10)13(9)16-12(20)7-8-3-1-2-4-11(8)19/h1-6,19H,7H2,(H,16,20). The lowest BCUT2D eigenvalue weighted by atomic mass is 10.1. The summed E-state index contributed by atoms with van der Waals surface area (Å²) < 4.78 is 8.25. The number of halogens is 1. The van der Waals surface area contributed by atoms with Gasteiger partial charge >= 0.3 is 0 Å². The van der Waals surface area contributed by atoms with Gasteiger partial charge in [0.1, 0.15) is 16.8 Å². The highest BCUT2D eigenvalue weighted by molar-refractivity contribution is 7.00. The molecule has 0 bridgehead atoms. The first kappa shape index (κ1) is 13.8. The maximum absolute atomic E-state index is 12.1. The molecule has 0 aliphatic carbocycles. The van der Waals surface area contributed by atoms with E-state index in [2.05, 4.69) is 14.1 Å². The van der Waals surface area contributed by atoms with Crippen LogP contribution in [0, 0.1) is 0 Å². The van der Waals surface area contributed by atoms with Gasteiger partial charge < -0.3 is 10.4 Å². The molecule has 21 heavy (non-hydrogen) atoms. The van der Waals surface area contributed by atoms with Gasteiger partial charge in [0.25, 0.3) is 0 Å². The Morgan fingerprint density at radius 1 is 1.24 bits per heavy atom. The molecule has 7 heteroatoms. The summed E-state index contributed by atoms with van der Waals surface area (Å²) in [4.78, 5) is 12.1. The maximum atomic E-state index is 12.1. The minimum Gasteiger partial charge on any atom is -0.508 e. The van der Waals surface area contributed by atoms with Gasteiger partial charge in [0, 0.05) is 5.56 Å². The molecule has 0 aliphatic rings. The fourth-order valence-corrected chi connectivity index (χ4v) is 2.70. The number of para-hydroxylation sites is 1. The summed E-state index contributed by atoms with van der Waals surface area (Å²) in [5.41, 5.74) is 2.25. The number of anilines is 1. The van der Waals surface area contributed by atoms with Crippen molar-refractivity contribution in [2.45, 2.75) is 6.42 Å². The van der Waals surface area contributed by atoms with Crippen molar-refractivity contribution in [1.82, 2.24) is 8.75 Å². The van der Waals surface area contributed by atoms with Crippen molar-refractivity contribution >= 4 is 46.0 Å². The van der Waals surface area contributed by atoms with Crippen LogP contribution < -0.4 is 5.32 Å². The van der Waals surface area contributed by atoms with Crippen molar-refractivity contribution in [3.63, 3.8) is 0 Å². The molecule has 2 aromatic carbocycles. The molecule has 0 spiro atoms. The van der Waals surface area contributed by atoms with Crippen LogP contribution in [-0.2, 0) is 11.2 Å². The lowest BCUT2D eigenvalue weighted by Gasteiger charge is -2.08. The van der Waals surface area contributed by atoms with Crippen LogP contribution >= 0.6 is 23.3 Å². The zero-order valence-electron chi connectivity index (χ0n) is 10.7. The van der Waals surface area contributed by atoms with E-state index in [1.54, 1.807) is 36.4 Å². The van der Waals surface area contributed by atoms with E-state index >= 15 is 0 Å². The number of hydrogen-bond acceptors (Lipinski definition) is 5. The second kappa shape index (κ2) is 5.67. The van der Waals surface area contributed by atoms with Crippen LogP contribution in [0.15, 0.2) is 36.4 Å². The smallest absolute Gasteiger partial charge is 0.229 e. The normalized spacial score (nSPS) is 10.7. The third kappa shape index (κ3) is 2.81. The largest absolute Gasteiger partial charge is 0.508 e. The number of hydrogen-bond donors (Lipinski definition) is 2. The van der Waals surface area contributed by atoms with Crippen molar-refractivity contribution in [3.05, 3.63) is 47.0 Å². The second-order valence-corrected chi connectivity index (χ2v) is 5.34. The highest BCUT2D eigenvalue weighted by Crippen LogP contribution is 2.30. The molecule has 106 valence electrons. The van der Waals surface area contributed by atoms with E-state index in [0.29, 0.717) is 27.3 Å². The number of benzene rings is 2. The molecule has 0 aliphatic heterocycles. The molecule has 1 amide bonds. The third-order valence-electron chi connectivity index (χ3n) is 2.98. The lowest BCUT2D eigenvalue weighted by Crippen LogP contribution is -2.15. The van der Waals surface area contributed by atoms with Crippen molar-refractivity contribution in [3.8, 4) is 5.75 Å². The molecular weight excluding hydrogens is 310 g/mol. The van der Waals surface area contributed by atoms with Crippen LogP contribution in [0.1, 0.15) is 5.56 Å².